The second kappa shape index (κ2) is 6.83. The first-order valence-electron chi connectivity index (χ1n) is 8.91. The lowest BCUT2D eigenvalue weighted by Gasteiger charge is -2.09. The number of nitrogens with one attached hydrogen (secondary N) is 1. The molecule has 27 heavy (non-hydrogen) atoms. The van der Waals surface area contributed by atoms with Crippen molar-refractivity contribution in [2.45, 2.75) is 39.2 Å². The first-order valence-corrected chi connectivity index (χ1v) is 8.91. The minimum Gasteiger partial charge on any atom is -0.334 e. The van der Waals surface area contributed by atoms with Gasteiger partial charge in [0.2, 0.25) is 5.91 Å². The standard InChI is InChI=1S/C20H20N4O3/c1-12-3-7-16(9-13(12)2)21-17(25)11-24-10-15(6-8-18(24)26)20-22-19(23-27-20)14-4-5-14/h3,6-10,14H,4-5,11H2,1-2H3,(H,21,25). The van der Waals surface area contributed by atoms with E-state index in [1.165, 1.54) is 10.6 Å². The Morgan fingerprint density at radius 1 is 1.22 bits per heavy atom. The number of aromatic nitrogens is 3. The van der Waals surface area contributed by atoms with Crippen molar-refractivity contribution < 1.29 is 9.32 Å². The van der Waals surface area contributed by atoms with Gasteiger partial charge >= 0.3 is 0 Å². The van der Waals surface area contributed by atoms with Gasteiger partial charge in [-0.05, 0) is 56.0 Å². The fourth-order valence-electron chi connectivity index (χ4n) is 2.82. The number of carbonyl (C=O) groups is 1. The third kappa shape index (κ3) is 3.81. The maximum atomic E-state index is 12.4. The molecule has 7 nitrogen and oxygen atoms in total. The predicted molar refractivity (Wildman–Crippen MR) is 101 cm³/mol. The Morgan fingerprint density at radius 3 is 2.78 bits per heavy atom. The molecule has 138 valence electrons. The zero-order valence-corrected chi connectivity index (χ0v) is 15.2. The molecule has 1 aliphatic rings. The Bertz CT molecular complexity index is 1060. The molecule has 0 unspecified atom stereocenters. The third-order valence-corrected chi connectivity index (χ3v) is 4.72. The average Bonchev–Trinajstić information content (AvgIpc) is 3.37. The molecule has 0 bridgehead atoms. The van der Waals surface area contributed by atoms with Gasteiger partial charge in [-0.2, -0.15) is 4.98 Å². The number of hydrogen-bond acceptors (Lipinski definition) is 5. The number of benzene rings is 1. The SMILES string of the molecule is Cc1ccc(NC(=O)Cn2cc(-c3nc(C4CC4)no3)ccc2=O)cc1C. The van der Waals surface area contributed by atoms with Crippen LogP contribution in [0.3, 0.4) is 0 Å². The Balaban J connectivity index is 1.51. The van der Waals surface area contributed by atoms with Crippen LogP contribution in [-0.2, 0) is 11.3 Å². The van der Waals surface area contributed by atoms with Crippen molar-refractivity contribution in [2.24, 2.45) is 0 Å². The Kier molecular flexibility index (Phi) is 4.35. The Morgan fingerprint density at radius 2 is 2.04 bits per heavy atom. The third-order valence-electron chi connectivity index (χ3n) is 4.72. The molecule has 1 aromatic carbocycles. The van der Waals surface area contributed by atoms with E-state index in [1.807, 2.05) is 32.0 Å². The number of aryl methyl sites for hydroxylation is 2. The largest absolute Gasteiger partial charge is 0.334 e. The van der Waals surface area contributed by atoms with Gasteiger partial charge < -0.3 is 14.4 Å². The maximum absolute atomic E-state index is 12.4. The number of carbonyl (C=O) groups excluding carboxylic acids is 1. The van der Waals surface area contributed by atoms with Gasteiger partial charge in [-0.15, -0.1) is 0 Å². The molecular weight excluding hydrogens is 344 g/mol. The van der Waals surface area contributed by atoms with Crippen LogP contribution >= 0.6 is 0 Å². The van der Waals surface area contributed by atoms with Gasteiger partial charge in [-0.3, -0.25) is 9.59 Å². The van der Waals surface area contributed by atoms with Crippen molar-refractivity contribution in [1.29, 1.82) is 0 Å². The second-order valence-electron chi connectivity index (χ2n) is 6.96. The monoisotopic (exact) mass is 364 g/mol. The molecule has 2 heterocycles. The summed E-state index contributed by atoms with van der Waals surface area (Å²) in [5.74, 6) is 1.18. The summed E-state index contributed by atoms with van der Waals surface area (Å²) in [4.78, 5) is 28.9. The molecule has 0 atom stereocenters. The van der Waals surface area contributed by atoms with E-state index < -0.39 is 0 Å². The first kappa shape index (κ1) is 17.2. The van der Waals surface area contributed by atoms with Gasteiger partial charge in [0.15, 0.2) is 5.82 Å². The van der Waals surface area contributed by atoms with Crippen LogP contribution in [0.5, 0.6) is 0 Å². The lowest BCUT2D eigenvalue weighted by atomic mass is 10.1. The highest BCUT2D eigenvalue weighted by atomic mass is 16.5. The van der Waals surface area contributed by atoms with Gasteiger partial charge in [0.05, 0.1) is 5.56 Å². The van der Waals surface area contributed by atoms with Crippen molar-refractivity contribution in [2.75, 3.05) is 5.32 Å². The molecule has 7 heteroatoms. The summed E-state index contributed by atoms with van der Waals surface area (Å²) in [5.41, 5.74) is 3.30. The zero-order valence-electron chi connectivity index (χ0n) is 15.2. The van der Waals surface area contributed by atoms with Gasteiger partial charge in [-0.1, -0.05) is 11.2 Å². The van der Waals surface area contributed by atoms with Crippen LogP contribution in [-0.4, -0.2) is 20.6 Å². The molecule has 2 aromatic heterocycles. The summed E-state index contributed by atoms with van der Waals surface area (Å²) < 4.78 is 6.63. The topological polar surface area (TPSA) is 90.0 Å². The second-order valence-corrected chi connectivity index (χ2v) is 6.96. The highest BCUT2D eigenvalue weighted by molar-refractivity contribution is 5.90. The lowest BCUT2D eigenvalue weighted by Crippen LogP contribution is -2.26. The van der Waals surface area contributed by atoms with E-state index in [9.17, 15) is 9.59 Å². The van der Waals surface area contributed by atoms with Crippen LogP contribution < -0.4 is 10.9 Å². The van der Waals surface area contributed by atoms with Crippen molar-refractivity contribution in [1.82, 2.24) is 14.7 Å². The van der Waals surface area contributed by atoms with Gasteiger partial charge in [0, 0.05) is 23.9 Å². The number of rotatable bonds is 5. The maximum Gasteiger partial charge on any atom is 0.259 e. The van der Waals surface area contributed by atoms with Crippen LogP contribution in [0.1, 0.15) is 35.7 Å². The first-order chi connectivity index (χ1) is 13.0. The van der Waals surface area contributed by atoms with Crippen LogP contribution in [0, 0.1) is 13.8 Å². The highest BCUT2D eigenvalue weighted by Crippen LogP contribution is 2.38. The van der Waals surface area contributed by atoms with Gasteiger partial charge in [-0.25, -0.2) is 0 Å². The minimum absolute atomic E-state index is 0.0940. The van der Waals surface area contributed by atoms with Gasteiger partial charge in [0.25, 0.3) is 11.4 Å². The summed E-state index contributed by atoms with van der Waals surface area (Å²) in [6.07, 6.45) is 3.74. The van der Waals surface area contributed by atoms with Crippen molar-refractivity contribution in [3.63, 3.8) is 0 Å². The summed E-state index contributed by atoms with van der Waals surface area (Å²) in [6.45, 7) is 3.90. The molecule has 1 saturated carbocycles. The van der Waals surface area contributed by atoms with E-state index in [0.717, 1.165) is 24.0 Å². The van der Waals surface area contributed by atoms with E-state index in [1.54, 1.807) is 12.3 Å². The Labute approximate surface area is 156 Å². The molecule has 0 radical (unpaired) electrons. The minimum atomic E-state index is -0.276. The Hall–Kier alpha value is -3.22. The molecule has 1 amide bonds. The molecule has 1 aliphatic carbocycles. The average molecular weight is 364 g/mol. The molecule has 3 aromatic rings. The lowest BCUT2D eigenvalue weighted by molar-refractivity contribution is -0.116. The van der Waals surface area contributed by atoms with Crippen LogP contribution in [0.25, 0.3) is 11.5 Å². The number of amides is 1. The van der Waals surface area contributed by atoms with Crippen LogP contribution in [0.4, 0.5) is 5.69 Å². The summed E-state index contributed by atoms with van der Waals surface area (Å²) in [7, 11) is 0. The van der Waals surface area contributed by atoms with E-state index in [0.29, 0.717) is 28.9 Å². The summed E-state index contributed by atoms with van der Waals surface area (Å²) in [6, 6.07) is 8.73. The van der Waals surface area contributed by atoms with E-state index >= 15 is 0 Å². The predicted octanol–water partition coefficient (Wildman–Crippen LogP) is 3.03. The normalized spacial score (nSPS) is 13.6. The number of pyridine rings is 1. The van der Waals surface area contributed by atoms with E-state index in [-0.39, 0.29) is 18.0 Å². The zero-order chi connectivity index (χ0) is 19.0. The van der Waals surface area contributed by atoms with Crippen LogP contribution in [0.2, 0.25) is 0 Å². The van der Waals surface area contributed by atoms with Crippen LogP contribution in [0.15, 0.2) is 45.8 Å². The molecular formula is C20H20N4O3. The van der Waals surface area contributed by atoms with Gasteiger partial charge in [0.1, 0.15) is 6.54 Å². The van der Waals surface area contributed by atoms with Crippen molar-refractivity contribution in [3.8, 4) is 11.5 Å². The van der Waals surface area contributed by atoms with Crippen molar-refractivity contribution in [3.05, 3.63) is 63.8 Å². The fraction of sp³-hybridized carbons (Fsp3) is 0.300. The number of hydrogen-bond donors (Lipinski definition) is 1. The molecule has 0 aliphatic heterocycles. The summed E-state index contributed by atoms with van der Waals surface area (Å²) >= 11 is 0. The molecule has 1 fully saturated rings. The molecule has 0 spiro atoms. The smallest absolute Gasteiger partial charge is 0.259 e. The highest BCUT2D eigenvalue weighted by Gasteiger charge is 2.29. The molecule has 4 rings (SSSR count). The molecule has 0 saturated heterocycles. The quantitative estimate of drug-likeness (QED) is 0.751. The number of anilines is 1. The van der Waals surface area contributed by atoms with E-state index in [2.05, 4.69) is 15.5 Å². The number of nitrogens with zero attached hydrogens (tertiary/aromatic N) is 3. The van der Waals surface area contributed by atoms with E-state index in [4.69, 9.17) is 4.52 Å². The van der Waals surface area contributed by atoms with Crippen molar-refractivity contribution >= 4 is 11.6 Å². The fourth-order valence-corrected chi connectivity index (χ4v) is 2.82. The molecule has 1 N–H and O–H groups in total. The summed E-state index contributed by atoms with van der Waals surface area (Å²) in [5, 5.41) is 6.81.